The zero-order valence-corrected chi connectivity index (χ0v) is 15.1. The van der Waals surface area contributed by atoms with Gasteiger partial charge in [-0.3, -0.25) is 4.40 Å². The lowest BCUT2D eigenvalue weighted by molar-refractivity contribution is 0.559. The molecule has 25 heavy (non-hydrogen) atoms. The molecule has 0 atom stereocenters. The molecule has 0 saturated carbocycles. The van der Waals surface area contributed by atoms with E-state index in [0.29, 0.717) is 16.4 Å². The fourth-order valence-corrected chi connectivity index (χ4v) is 4.10. The number of imidazole rings is 1. The first-order valence-corrected chi connectivity index (χ1v) is 9.32. The standard InChI is InChI=1S/C19H15ClN2O2S/c1-2-12-7-17-15(9-16(12)20)13(8-18(23)24-17)11-25-19-21-10-14-5-3-4-6-22(14)19/h3-10H,2,11H2,1H3. The summed E-state index contributed by atoms with van der Waals surface area (Å²) in [5.74, 6) is 0.609. The third-order valence-electron chi connectivity index (χ3n) is 4.14. The predicted molar refractivity (Wildman–Crippen MR) is 102 cm³/mol. The summed E-state index contributed by atoms with van der Waals surface area (Å²) in [6, 6.07) is 11.2. The van der Waals surface area contributed by atoms with Crippen LogP contribution in [0.5, 0.6) is 0 Å². The summed E-state index contributed by atoms with van der Waals surface area (Å²) in [5, 5.41) is 2.45. The molecule has 126 valence electrons. The Bertz CT molecular complexity index is 1130. The molecule has 0 N–H and O–H groups in total. The van der Waals surface area contributed by atoms with E-state index in [4.69, 9.17) is 16.0 Å². The van der Waals surface area contributed by atoms with Gasteiger partial charge in [-0.25, -0.2) is 9.78 Å². The maximum Gasteiger partial charge on any atom is 0.336 e. The van der Waals surface area contributed by atoms with Crippen LogP contribution in [0.15, 0.2) is 63.2 Å². The molecule has 3 aromatic heterocycles. The maximum atomic E-state index is 11.9. The lowest BCUT2D eigenvalue weighted by Gasteiger charge is -2.08. The number of thioether (sulfide) groups is 1. The summed E-state index contributed by atoms with van der Waals surface area (Å²) in [5.41, 5.74) is 3.14. The fourth-order valence-electron chi connectivity index (χ4n) is 2.85. The first-order chi connectivity index (χ1) is 12.2. The van der Waals surface area contributed by atoms with Gasteiger partial charge in [-0.1, -0.05) is 36.4 Å². The molecule has 4 nitrogen and oxygen atoms in total. The van der Waals surface area contributed by atoms with Gasteiger partial charge >= 0.3 is 5.63 Å². The molecule has 3 heterocycles. The van der Waals surface area contributed by atoms with Gasteiger partial charge in [-0.2, -0.15) is 0 Å². The molecule has 0 aliphatic heterocycles. The van der Waals surface area contributed by atoms with Gasteiger partial charge in [0, 0.05) is 28.4 Å². The van der Waals surface area contributed by atoms with Crippen LogP contribution in [0.3, 0.4) is 0 Å². The molecule has 0 fully saturated rings. The summed E-state index contributed by atoms with van der Waals surface area (Å²) in [7, 11) is 0. The van der Waals surface area contributed by atoms with E-state index in [1.807, 2.05) is 54.0 Å². The van der Waals surface area contributed by atoms with Crippen LogP contribution >= 0.6 is 23.4 Å². The van der Waals surface area contributed by atoms with Crippen LogP contribution < -0.4 is 5.63 Å². The first-order valence-electron chi connectivity index (χ1n) is 7.95. The van der Waals surface area contributed by atoms with Crippen LogP contribution in [-0.2, 0) is 12.2 Å². The number of nitrogens with zero attached hydrogens (tertiary/aromatic N) is 2. The highest BCUT2D eigenvalue weighted by atomic mass is 35.5. The van der Waals surface area contributed by atoms with Crippen molar-refractivity contribution in [2.75, 3.05) is 0 Å². The number of rotatable bonds is 4. The molecule has 0 bridgehead atoms. The number of hydrogen-bond donors (Lipinski definition) is 0. The Hall–Kier alpha value is -2.24. The van der Waals surface area contributed by atoms with E-state index in [0.717, 1.165) is 33.6 Å². The molecule has 4 aromatic rings. The van der Waals surface area contributed by atoms with Gasteiger partial charge in [0.2, 0.25) is 0 Å². The van der Waals surface area contributed by atoms with Gasteiger partial charge in [0.15, 0.2) is 5.16 Å². The van der Waals surface area contributed by atoms with Crippen molar-refractivity contribution in [3.05, 3.63) is 75.4 Å². The van der Waals surface area contributed by atoms with Crippen LogP contribution in [0.25, 0.3) is 16.5 Å². The maximum absolute atomic E-state index is 11.9. The second kappa shape index (κ2) is 6.58. The van der Waals surface area contributed by atoms with Crippen LogP contribution in [0.1, 0.15) is 18.1 Å². The highest BCUT2D eigenvalue weighted by Gasteiger charge is 2.11. The highest BCUT2D eigenvalue weighted by Crippen LogP contribution is 2.30. The van der Waals surface area contributed by atoms with Gasteiger partial charge in [0.1, 0.15) is 5.58 Å². The summed E-state index contributed by atoms with van der Waals surface area (Å²) >= 11 is 7.93. The predicted octanol–water partition coefficient (Wildman–Crippen LogP) is 4.95. The minimum Gasteiger partial charge on any atom is -0.423 e. The number of pyridine rings is 1. The van der Waals surface area contributed by atoms with Crippen molar-refractivity contribution < 1.29 is 4.42 Å². The summed E-state index contributed by atoms with van der Waals surface area (Å²) in [6.45, 7) is 2.02. The largest absolute Gasteiger partial charge is 0.423 e. The van der Waals surface area contributed by atoms with E-state index in [9.17, 15) is 4.79 Å². The van der Waals surface area contributed by atoms with E-state index < -0.39 is 0 Å². The number of aryl methyl sites for hydroxylation is 1. The Morgan fingerprint density at radius 3 is 2.96 bits per heavy atom. The van der Waals surface area contributed by atoms with E-state index in [2.05, 4.69) is 4.98 Å². The quantitative estimate of drug-likeness (QED) is 0.376. The normalized spacial score (nSPS) is 11.4. The molecular formula is C19H15ClN2O2S. The van der Waals surface area contributed by atoms with Crippen LogP contribution in [0.2, 0.25) is 5.02 Å². The molecule has 4 rings (SSSR count). The molecule has 0 spiro atoms. The third-order valence-corrected chi connectivity index (χ3v) is 5.51. The highest BCUT2D eigenvalue weighted by molar-refractivity contribution is 7.98. The number of halogens is 1. The van der Waals surface area contributed by atoms with E-state index >= 15 is 0 Å². The monoisotopic (exact) mass is 370 g/mol. The molecule has 0 aliphatic rings. The SMILES string of the molecule is CCc1cc2oc(=O)cc(CSc3ncc4ccccn34)c2cc1Cl. The number of fused-ring (bicyclic) bond motifs is 2. The van der Waals surface area contributed by atoms with Crippen molar-refractivity contribution in [1.82, 2.24) is 9.38 Å². The topological polar surface area (TPSA) is 47.5 Å². The zero-order valence-electron chi connectivity index (χ0n) is 13.5. The van der Waals surface area contributed by atoms with E-state index in [1.165, 1.54) is 6.07 Å². The Balaban J connectivity index is 1.73. The molecule has 6 heteroatoms. The Kier molecular flexibility index (Phi) is 4.27. The first kappa shape index (κ1) is 16.2. The molecular weight excluding hydrogens is 356 g/mol. The van der Waals surface area contributed by atoms with Crippen molar-refractivity contribution in [3.8, 4) is 0 Å². The molecule has 0 aliphatic carbocycles. The average molecular weight is 371 g/mol. The van der Waals surface area contributed by atoms with Crippen LogP contribution in [0, 0.1) is 0 Å². The second-order valence-electron chi connectivity index (χ2n) is 5.71. The van der Waals surface area contributed by atoms with Gasteiger partial charge in [0.05, 0.1) is 11.7 Å². The summed E-state index contributed by atoms with van der Waals surface area (Å²) in [4.78, 5) is 16.4. The van der Waals surface area contributed by atoms with E-state index in [-0.39, 0.29) is 5.63 Å². The van der Waals surface area contributed by atoms with Gasteiger partial charge in [-0.05, 0) is 41.8 Å². The summed E-state index contributed by atoms with van der Waals surface area (Å²) in [6.07, 6.45) is 4.61. The van der Waals surface area contributed by atoms with Crippen molar-refractivity contribution in [1.29, 1.82) is 0 Å². The van der Waals surface area contributed by atoms with Crippen LogP contribution in [0.4, 0.5) is 0 Å². The van der Waals surface area contributed by atoms with Crippen LogP contribution in [-0.4, -0.2) is 9.38 Å². The van der Waals surface area contributed by atoms with Crippen molar-refractivity contribution in [2.24, 2.45) is 0 Å². The lowest BCUT2D eigenvalue weighted by Crippen LogP contribution is -2.01. The average Bonchev–Trinajstić information content (AvgIpc) is 3.03. The Labute approximate surface area is 153 Å². The molecule has 0 unspecified atom stereocenters. The molecule has 0 radical (unpaired) electrons. The fraction of sp³-hybridized carbons (Fsp3) is 0.158. The second-order valence-corrected chi connectivity index (χ2v) is 7.06. The Morgan fingerprint density at radius 2 is 2.12 bits per heavy atom. The minimum atomic E-state index is -0.347. The van der Waals surface area contributed by atoms with Gasteiger partial charge in [0.25, 0.3) is 0 Å². The van der Waals surface area contributed by atoms with Gasteiger partial charge in [-0.15, -0.1) is 0 Å². The number of aromatic nitrogens is 2. The van der Waals surface area contributed by atoms with E-state index in [1.54, 1.807) is 11.8 Å². The molecule has 0 amide bonds. The molecule has 1 aromatic carbocycles. The Morgan fingerprint density at radius 1 is 1.24 bits per heavy atom. The number of benzene rings is 1. The number of hydrogen-bond acceptors (Lipinski definition) is 4. The smallest absolute Gasteiger partial charge is 0.336 e. The van der Waals surface area contributed by atoms with Crippen molar-refractivity contribution >= 4 is 39.8 Å². The molecule has 0 saturated heterocycles. The zero-order chi connectivity index (χ0) is 17.4. The summed E-state index contributed by atoms with van der Waals surface area (Å²) < 4.78 is 7.39. The minimum absolute atomic E-state index is 0.347. The van der Waals surface area contributed by atoms with Crippen molar-refractivity contribution in [3.63, 3.8) is 0 Å². The third kappa shape index (κ3) is 3.05. The van der Waals surface area contributed by atoms with Gasteiger partial charge < -0.3 is 4.42 Å². The van der Waals surface area contributed by atoms with Crippen molar-refractivity contribution in [2.45, 2.75) is 24.3 Å². The lowest BCUT2D eigenvalue weighted by atomic mass is 10.1.